The van der Waals surface area contributed by atoms with E-state index < -0.39 is 0 Å². The van der Waals surface area contributed by atoms with E-state index in [4.69, 9.17) is 4.74 Å². The predicted molar refractivity (Wildman–Crippen MR) is 91.1 cm³/mol. The van der Waals surface area contributed by atoms with Crippen molar-refractivity contribution >= 4 is 23.2 Å². The molecule has 0 aliphatic heterocycles. The molecule has 1 aromatic heterocycles. The Bertz CT molecular complexity index is 643. The van der Waals surface area contributed by atoms with E-state index in [0.29, 0.717) is 30.5 Å². The molecule has 2 N–H and O–H groups in total. The zero-order valence-electron chi connectivity index (χ0n) is 13.5. The molecule has 0 bridgehead atoms. The van der Waals surface area contributed by atoms with Crippen LogP contribution >= 0.6 is 0 Å². The molecule has 1 amide bonds. The molecule has 7 nitrogen and oxygen atoms in total. The first kappa shape index (κ1) is 16.7. The highest BCUT2D eigenvalue weighted by atomic mass is 16.5. The van der Waals surface area contributed by atoms with Gasteiger partial charge in [0, 0.05) is 45.3 Å². The lowest BCUT2D eigenvalue weighted by Gasteiger charge is -2.13. The van der Waals surface area contributed by atoms with Crippen LogP contribution in [-0.2, 0) is 4.74 Å². The number of nitrogens with one attached hydrogen (secondary N) is 2. The first-order chi connectivity index (χ1) is 11.1. The molecular weight excluding hydrogens is 294 g/mol. The zero-order valence-corrected chi connectivity index (χ0v) is 13.5. The minimum atomic E-state index is -0.278. The Morgan fingerprint density at radius 2 is 1.96 bits per heavy atom. The van der Waals surface area contributed by atoms with Crippen LogP contribution < -0.4 is 15.5 Å². The Morgan fingerprint density at radius 3 is 2.61 bits per heavy atom. The molecule has 2 aromatic rings. The number of aromatic nitrogens is 2. The van der Waals surface area contributed by atoms with Crippen molar-refractivity contribution < 1.29 is 9.53 Å². The van der Waals surface area contributed by atoms with Gasteiger partial charge in [0.25, 0.3) is 5.91 Å². The molecule has 0 saturated heterocycles. The largest absolute Gasteiger partial charge is 0.383 e. The van der Waals surface area contributed by atoms with E-state index in [0.717, 1.165) is 5.69 Å². The fourth-order valence-corrected chi connectivity index (χ4v) is 1.87. The van der Waals surface area contributed by atoms with Crippen molar-refractivity contribution in [1.29, 1.82) is 0 Å². The monoisotopic (exact) mass is 315 g/mol. The van der Waals surface area contributed by atoms with Crippen LogP contribution in [0.4, 0.5) is 17.3 Å². The van der Waals surface area contributed by atoms with Crippen molar-refractivity contribution in [3.63, 3.8) is 0 Å². The van der Waals surface area contributed by atoms with Gasteiger partial charge in [-0.15, -0.1) is 0 Å². The van der Waals surface area contributed by atoms with Gasteiger partial charge >= 0.3 is 0 Å². The first-order valence-electron chi connectivity index (χ1n) is 7.25. The van der Waals surface area contributed by atoms with Crippen LogP contribution in [0.2, 0.25) is 0 Å². The highest BCUT2D eigenvalue weighted by Gasteiger charge is 2.09. The number of anilines is 3. The van der Waals surface area contributed by atoms with Gasteiger partial charge in [0.2, 0.25) is 5.95 Å². The maximum atomic E-state index is 12.3. The molecule has 2 rings (SSSR count). The van der Waals surface area contributed by atoms with Gasteiger partial charge < -0.3 is 20.3 Å². The van der Waals surface area contributed by atoms with Gasteiger partial charge in [-0.3, -0.25) is 4.79 Å². The van der Waals surface area contributed by atoms with E-state index in [1.807, 2.05) is 43.3 Å². The quantitative estimate of drug-likeness (QED) is 0.759. The lowest BCUT2D eigenvalue weighted by atomic mass is 10.2. The van der Waals surface area contributed by atoms with Crippen LogP contribution in [0.3, 0.4) is 0 Å². The second kappa shape index (κ2) is 8.09. The molecule has 1 aromatic carbocycles. The van der Waals surface area contributed by atoms with Crippen LogP contribution in [0.1, 0.15) is 10.5 Å². The van der Waals surface area contributed by atoms with Gasteiger partial charge in [0.1, 0.15) is 5.69 Å². The molecule has 7 heteroatoms. The lowest BCUT2D eigenvalue weighted by Crippen LogP contribution is -2.16. The summed E-state index contributed by atoms with van der Waals surface area (Å²) in [6.45, 7) is 1.12. The smallest absolute Gasteiger partial charge is 0.274 e. The molecule has 0 spiro atoms. The highest BCUT2D eigenvalue weighted by molar-refractivity contribution is 6.03. The molecule has 0 aliphatic rings. The second-order valence-electron chi connectivity index (χ2n) is 5.08. The molecule has 0 saturated carbocycles. The second-order valence-corrected chi connectivity index (χ2v) is 5.08. The summed E-state index contributed by atoms with van der Waals surface area (Å²) in [5.41, 5.74) is 2.08. The van der Waals surface area contributed by atoms with E-state index in [-0.39, 0.29) is 5.91 Å². The Balaban J connectivity index is 2.01. The first-order valence-corrected chi connectivity index (χ1v) is 7.25. The van der Waals surface area contributed by atoms with Gasteiger partial charge in [-0.25, -0.2) is 9.97 Å². The number of amides is 1. The summed E-state index contributed by atoms with van der Waals surface area (Å²) in [4.78, 5) is 22.5. The summed E-state index contributed by atoms with van der Waals surface area (Å²) in [6.07, 6.45) is 1.55. The van der Waals surface area contributed by atoms with Crippen LogP contribution in [-0.4, -0.2) is 50.2 Å². The van der Waals surface area contributed by atoms with Gasteiger partial charge in [-0.2, -0.15) is 0 Å². The summed E-state index contributed by atoms with van der Waals surface area (Å²) >= 11 is 0. The standard InChI is InChI=1S/C16H21N5O2/c1-21(2)13-6-4-12(5-7-13)19-15(22)14-8-9-17-16(20-14)18-10-11-23-3/h4-9H,10-11H2,1-3H3,(H,19,22)(H,17,18,20). The summed E-state index contributed by atoms with van der Waals surface area (Å²) in [7, 11) is 5.55. The summed E-state index contributed by atoms with van der Waals surface area (Å²) < 4.78 is 4.95. The Hall–Kier alpha value is -2.67. The Labute approximate surface area is 135 Å². The molecule has 0 fully saturated rings. The number of hydrogen-bond acceptors (Lipinski definition) is 6. The molecule has 0 radical (unpaired) electrons. The van der Waals surface area contributed by atoms with Crippen LogP contribution in [0.25, 0.3) is 0 Å². The third-order valence-electron chi connectivity index (χ3n) is 3.12. The van der Waals surface area contributed by atoms with Crippen molar-refractivity contribution in [2.45, 2.75) is 0 Å². The number of rotatable bonds is 7. The number of carbonyl (C=O) groups excluding carboxylic acids is 1. The summed E-state index contributed by atoms with van der Waals surface area (Å²) in [5, 5.41) is 5.81. The topological polar surface area (TPSA) is 79.4 Å². The van der Waals surface area contributed by atoms with Crippen molar-refractivity contribution in [2.75, 3.05) is 49.9 Å². The normalized spacial score (nSPS) is 10.2. The average Bonchev–Trinajstić information content (AvgIpc) is 2.56. The van der Waals surface area contributed by atoms with Crippen molar-refractivity contribution in [3.05, 3.63) is 42.2 Å². The van der Waals surface area contributed by atoms with Gasteiger partial charge in [-0.1, -0.05) is 0 Å². The zero-order chi connectivity index (χ0) is 16.7. The van der Waals surface area contributed by atoms with Crippen LogP contribution in [0.5, 0.6) is 0 Å². The lowest BCUT2D eigenvalue weighted by molar-refractivity contribution is 0.102. The van der Waals surface area contributed by atoms with E-state index in [1.165, 1.54) is 0 Å². The molecule has 0 aliphatic carbocycles. The predicted octanol–water partition coefficient (Wildman–Crippen LogP) is 1.85. The fourth-order valence-electron chi connectivity index (χ4n) is 1.87. The van der Waals surface area contributed by atoms with Crippen molar-refractivity contribution in [1.82, 2.24) is 9.97 Å². The number of ether oxygens (including phenoxy) is 1. The Kier molecular flexibility index (Phi) is 5.87. The van der Waals surface area contributed by atoms with E-state index in [9.17, 15) is 4.79 Å². The van der Waals surface area contributed by atoms with Gasteiger partial charge in [0.15, 0.2) is 0 Å². The van der Waals surface area contributed by atoms with E-state index in [2.05, 4.69) is 20.6 Å². The third kappa shape index (κ3) is 4.93. The minimum absolute atomic E-state index is 0.278. The number of hydrogen-bond donors (Lipinski definition) is 2. The van der Waals surface area contributed by atoms with Crippen LogP contribution in [0.15, 0.2) is 36.5 Å². The third-order valence-corrected chi connectivity index (χ3v) is 3.12. The van der Waals surface area contributed by atoms with E-state index >= 15 is 0 Å². The minimum Gasteiger partial charge on any atom is -0.383 e. The molecule has 122 valence electrons. The molecule has 1 heterocycles. The van der Waals surface area contributed by atoms with Crippen molar-refractivity contribution in [2.24, 2.45) is 0 Å². The maximum Gasteiger partial charge on any atom is 0.274 e. The molecule has 0 atom stereocenters. The van der Waals surface area contributed by atoms with Gasteiger partial charge in [-0.05, 0) is 30.3 Å². The highest BCUT2D eigenvalue weighted by Crippen LogP contribution is 2.16. The number of carbonyl (C=O) groups is 1. The number of benzene rings is 1. The van der Waals surface area contributed by atoms with Gasteiger partial charge in [0.05, 0.1) is 6.61 Å². The van der Waals surface area contributed by atoms with E-state index in [1.54, 1.807) is 19.4 Å². The number of nitrogens with zero attached hydrogens (tertiary/aromatic N) is 3. The SMILES string of the molecule is COCCNc1nccc(C(=O)Nc2ccc(N(C)C)cc2)n1. The van der Waals surface area contributed by atoms with Crippen molar-refractivity contribution in [3.8, 4) is 0 Å². The fraction of sp³-hybridized carbons (Fsp3) is 0.312. The average molecular weight is 315 g/mol. The summed E-state index contributed by atoms with van der Waals surface area (Å²) in [6, 6.07) is 9.16. The van der Waals surface area contributed by atoms with Crippen LogP contribution in [0, 0.1) is 0 Å². The molecule has 23 heavy (non-hydrogen) atoms. The maximum absolute atomic E-state index is 12.3. The molecular formula is C16H21N5O2. The number of methoxy groups -OCH3 is 1. The Morgan fingerprint density at radius 1 is 1.22 bits per heavy atom. The molecule has 0 unspecified atom stereocenters. The summed E-state index contributed by atoms with van der Waals surface area (Å²) in [5.74, 6) is 0.123.